The number of rotatable bonds is 7. The zero-order chi connectivity index (χ0) is 13.4. The van der Waals surface area contributed by atoms with Crippen LogP contribution in [-0.4, -0.2) is 51.8 Å². The SMILES string of the molecule is COCC(=O)N(C)CCOc1ccc(OC)cc1. The van der Waals surface area contributed by atoms with Crippen molar-refractivity contribution in [2.75, 3.05) is 41.0 Å². The van der Waals surface area contributed by atoms with Crippen LogP contribution in [0.15, 0.2) is 24.3 Å². The Morgan fingerprint density at radius 2 is 1.78 bits per heavy atom. The van der Waals surface area contributed by atoms with Crippen LogP contribution in [0.3, 0.4) is 0 Å². The van der Waals surface area contributed by atoms with Crippen molar-refractivity contribution in [1.29, 1.82) is 0 Å². The van der Waals surface area contributed by atoms with Gasteiger partial charge in [-0.05, 0) is 24.3 Å². The summed E-state index contributed by atoms with van der Waals surface area (Å²) in [4.78, 5) is 13.0. The monoisotopic (exact) mass is 253 g/mol. The van der Waals surface area contributed by atoms with E-state index in [0.717, 1.165) is 11.5 Å². The Balaban J connectivity index is 2.30. The molecule has 0 saturated heterocycles. The van der Waals surface area contributed by atoms with Gasteiger partial charge < -0.3 is 19.1 Å². The van der Waals surface area contributed by atoms with E-state index in [1.807, 2.05) is 24.3 Å². The average Bonchev–Trinajstić information content (AvgIpc) is 2.39. The minimum atomic E-state index is -0.0594. The van der Waals surface area contributed by atoms with Crippen molar-refractivity contribution < 1.29 is 19.0 Å². The Morgan fingerprint density at radius 3 is 2.33 bits per heavy atom. The summed E-state index contributed by atoms with van der Waals surface area (Å²) in [5.74, 6) is 1.48. The van der Waals surface area contributed by atoms with E-state index in [-0.39, 0.29) is 12.5 Å². The molecule has 1 aromatic rings. The third-order valence-corrected chi connectivity index (χ3v) is 2.45. The summed E-state index contributed by atoms with van der Waals surface area (Å²) in [5, 5.41) is 0. The maximum absolute atomic E-state index is 11.4. The van der Waals surface area contributed by atoms with Crippen molar-refractivity contribution >= 4 is 5.91 Å². The van der Waals surface area contributed by atoms with E-state index < -0.39 is 0 Å². The molecule has 0 aliphatic rings. The van der Waals surface area contributed by atoms with Gasteiger partial charge in [-0.15, -0.1) is 0 Å². The molecule has 1 rings (SSSR count). The molecular formula is C13H19NO4. The predicted molar refractivity (Wildman–Crippen MR) is 68.0 cm³/mol. The molecule has 0 aromatic heterocycles. The van der Waals surface area contributed by atoms with Crippen molar-refractivity contribution in [2.24, 2.45) is 0 Å². The van der Waals surface area contributed by atoms with E-state index in [1.165, 1.54) is 7.11 Å². The normalized spacial score (nSPS) is 9.94. The number of ether oxygens (including phenoxy) is 3. The van der Waals surface area contributed by atoms with Gasteiger partial charge in [0.15, 0.2) is 0 Å². The van der Waals surface area contributed by atoms with Crippen molar-refractivity contribution in [1.82, 2.24) is 4.90 Å². The molecule has 0 atom stereocenters. The zero-order valence-electron chi connectivity index (χ0n) is 11.0. The number of carbonyl (C=O) groups excluding carboxylic acids is 1. The fourth-order valence-electron chi connectivity index (χ4n) is 1.33. The van der Waals surface area contributed by atoms with E-state index >= 15 is 0 Å². The summed E-state index contributed by atoms with van der Waals surface area (Å²) in [6.45, 7) is 1.06. The number of nitrogens with zero attached hydrogens (tertiary/aromatic N) is 1. The minimum Gasteiger partial charge on any atom is -0.497 e. The first-order valence-corrected chi connectivity index (χ1v) is 5.67. The molecule has 0 unspecified atom stereocenters. The number of hydrogen-bond acceptors (Lipinski definition) is 4. The lowest BCUT2D eigenvalue weighted by atomic mass is 10.3. The summed E-state index contributed by atoms with van der Waals surface area (Å²) in [6.07, 6.45) is 0. The van der Waals surface area contributed by atoms with E-state index in [4.69, 9.17) is 14.2 Å². The topological polar surface area (TPSA) is 48.0 Å². The highest BCUT2D eigenvalue weighted by Gasteiger charge is 2.07. The molecule has 1 aromatic carbocycles. The van der Waals surface area contributed by atoms with Gasteiger partial charge in [0.25, 0.3) is 0 Å². The summed E-state index contributed by atoms with van der Waals surface area (Å²) in [7, 11) is 4.84. The molecule has 1 amide bonds. The van der Waals surface area contributed by atoms with Gasteiger partial charge in [-0.1, -0.05) is 0 Å². The lowest BCUT2D eigenvalue weighted by Gasteiger charge is -2.17. The molecule has 0 spiro atoms. The molecule has 0 aliphatic heterocycles. The molecule has 0 aliphatic carbocycles. The number of amides is 1. The standard InChI is InChI=1S/C13H19NO4/c1-14(13(15)10-16-2)8-9-18-12-6-4-11(17-3)5-7-12/h4-7H,8-10H2,1-3H3. The Morgan fingerprint density at radius 1 is 1.17 bits per heavy atom. The van der Waals surface area contributed by atoms with Crippen LogP contribution in [0.25, 0.3) is 0 Å². The van der Waals surface area contributed by atoms with Crippen LogP contribution in [0.5, 0.6) is 11.5 Å². The van der Waals surface area contributed by atoms with Crippen molar-refractivity contribution in [3.63, 3.8) is 0 Å². The molecule has 0 saturated carbocycles. The first kappa shape index (κ1) is 14.3. The molecule has 0 heterocycles. The number of hydrogen-bond donors (Lipinski definition) is 0. The lowest BCUT2D eigenvalue weighted by molar-refractivity contribution is -0.134. The smallest absolute Gasteiger partial charge is 0.248 e. The maximum atomic E-state index is 11.4. The fraction of sp³-hybridized carbons (Fsp3) is 0.462. The van der Waals surface area contributed by atoms with Gasteiger partial charge in [0.1, 0.15) is 24.7 Å². The lowest BCUT2D eigenvalue weighted by Crippen LogP contribution is -2.33. The minimum absolute atomic E-state index is 0.0594. The van der Waals surface area contributed by atoms with Gasteiger partial charge in [0.05, 0.1) is 13.7 Å². The molecule has 18 heavy (non-hydrogen) atoms. The Hall–Kier alpha value is -1.75. The Kier molecular flexibility index (Phi) is 6.00. The van der Waals surface area contributed by atoms with Crippen LogP contribution in [0.2, 0.25) is 0 Å². The zero-order valence-corrected chi connectivity index (χ0v) is 11.0. The van der Waals surface area contributed by atoms with Crippen LogP contribution in [0, 0.1) is 0 Å². The van der Waals surface area contributed by atoms with E-state index in [1.54, 1.807) is 19.1 Å². The highest BCUT2D eigenvalue weighted by Crippen LogP contribution is 2.16. The Bertz CT molecular complexity index is 364. The first-order valence-electron chi connectivity index (χ1n) is 5.67. The highest BCUT2D eigenvalue weighted by atomic mass is 16.5. The second-order valence-electron chi connectivity index (χ2n) is 3.77. The molecule has 0 fully saturated rings. The largest absolute Gasteiger partial charge is 0.497 e. The van der Waals surface area contributed by atoms with Gasteiger partial charge in [-0.25, -0.2) is 0 Å². The molecule has 5 heteroatoms. The summed E-state index contributed by atoms with van der Waals surface area (Å²) in [5.41, 5.74) is 0. The van der Waals surface area contributed by atoms with Crippen molar-refractivity contribution in [3.8, 4) is 11.5 Å². The highest BCUT2D eigenvalue weighted by molar-refractivity contribution is 5.77. The van der Waals surface area contributed by atoms with Crippen LogP contribution in [0.1, 0.15) is 0 Å². The third kappa shape index (κ3) is 4.63. The van der Waals surface area contributed by atoms with Crippen LogP contribution >= 0.6 is 0 Å². The van der Waals surface area contributed by atoms with Gasteiger partial charge in [0.2, 0.25) is 5.91 Å². The van der Waals surface area contributed by atoms with Crippen molar-refractivity contribution in [3.05, 3.63) is 24.3 Å². The van der Waals surface area contributed by atoms with E-state index in [9.17, 15) is 4.79 Å². The molecule has 5 nitrogen and oxygen atoms in total. The summed E-state index contributed by atoms with van der Waals surface area (Å²) >= 11 is 0. The third-order valence-electron chi connectivity index (χ3n) is 2.45. The average molecular weight is 253 g/mol. The second kappa shape index (κ2) is 7.55. The molecule has 0 bridgehead atoms. The first-order chi connectivity index (χ1) is 8.67. The van der Waals surface area contributed by atoms with Gasteiger partial charge >= 0.3 is 0 Å². The number of benzene rings is 1. The quantitative estimate of drug-likeness (QED) is 0.732. The van der Waals surface area contributed by atoms with Crippen molar-refractivity contribution in [2.45, 2.75) is 0 Å². The molecule has 0 N–H and O–H groups in total. The summed E-state index contributed by atoms with van der Waals surface area (Å²) < 4.78 is 15.3. The molecule has 100 valence electrons. The van der Waals surface area contributed by atoms with E-state index in [0.29, 0.717) is 13.2 Å². The van der Waals surface area contributed by atoms with Gasteiger partial charge in [0, 0.05) is 14.2 Å². The molecular weight excluding hydrogens is 234 g/mol. The van der Waals surface area contributed by atoms with Gasteiger partial charge in [-0.2, -0.15) is 0 Å². The molecule has 0 radical (unpaired) electrons. The Labute approximate surface area is 107 Å². The fourth-order valence-corrected chi connectivity index (χ4v) is 1.33. The van der Waals surface area contributed by atoms with E-state index in [2.05, 4.69) is 0 Å². The number of likely N-dealkylation sites (N-methyl/N-ethyl adjacent to an activating group) is 1. The predicted octanol–water partition coefficient (Wildman–Crippen LogP) is 1.18. The maximum Gasteiger partial charge on any atom is 0.248 e. The second-order valence-corrected chi connectivity index (χ2v) is 3.77. The van der Waals surface area contributed by atoms with Crippen LogP contribution < -0.4 is 9.47 Å². The van der Waals surface area contributed by atoms with Crippen LogP contribution in [0.4, 0.5) is 0 Å². The van der Waals surface area contributed by atoms with Gasteiger partial charge in [-0.3, -0.25) is 4.79 Å². The number of carbonyl (C=O) groups is 1. The summed E-state index contributed by atoms with van der Waals surface area (Å²) in [6, 6.07) is 7.32. The van der Waals surface area contributed by atoms with Crippen LogP contribution in [-0.2, 0) is 9.53 Å². The number of methoxy groups -OCH3 is 2.